The van der Waals surface area contributed by atoms with Gasteiger partial charge in [0.1, 0.15) is 5.60 Å². The van der Waals surface area contributed by atoms with E-state index in [2.05, 4.69) is 0 Å². The predicted molar refractivity (Wildman–Crippen MR) is 65.1 cm³/mol. The smallest absolute Gasteiger partial charge is 0.417 e. The number of carbonyl (C=O) groups is 2. The largest absolute Gasteiger partial charge is 0.443 e. The molecule has 2 amide bonds. The van der Waals surface area contributed by atoms with Crippen molar-refractivity contribution in [3.8, 4) is 0 Å². The molecule has 2 fully saturated rings. The Hall–Kier alpha value is -1.10. The second kappa shape index (κ2) is 4.53. The van der Waals surface area contributed by atoms with E-state index in [0.717, 1.165) is 12.8 Å². The Morgan fingerprint density at radius 2 is 1.94 bits per heavy atom. The number of imide groups is 1. The first-order valence-electron chi connectivity index (χ1n) is 6.43. The summed E-state index contributed by atoms with van der Waals surface area (Å²) in [6, 6.07) is 0. The van der Waals surface area contributed by atoms with Crippen molar-refractivity contribution in [1.82, 2.24) is 4.90 Å². The highest BCUT2D eigenvalue weighted by Gasteiger charge is 2.47. The summed E-state index contributed by atoms with van der Waals surface area (Å²) >= 11 is 0. The van der Waals surface area contributed by atoms with Crippen molar-refractivity contribution < 1.29 is 19.1 Å². The van der Waals surface area contributed by atoms with E-state index in [9.17, 15) is 9.59 Å². The molecule has 0 aromatic heterocycles. The summed E-state index contributed by atoms with van der Waals surface area (Å²) in [5.74, 6) is -0.119. The number of amides is 2. The van der Waals surface area contributed by atoms with Crippen molar-refractivity contribution in [1.29, 1.82) is 0 Å². The van der Waals surface area contributed by atoms with Crippen molar-refractivity contribution in [2.45, 2.75) is 45.6 Å². The van der Waals surface area contributed by atoms with Crippen LogP contribution in [-0.2, 0) is 14.3 Å². The third-order valence-electron chi connectivity index (χ3n) is 3.49. The Balaban J connectivity index is 2.03. The molecule has 5 nitrogen and oxygen atoms in total. The van der Waals surface area contributed by atoms with Gasteiger partial charge in [-0.1, -0.05) is 0 Å². The van der Waals surface area contributed by atoms with Crippen LogP contribution >= 0.6 is 0 Å². The normalized spacial score (nSPS) is 23.5. The molecule has 5 heteroatoms. The van der Waals surface area contributed by atoms with Gasteiger partial charge in [-0.2, -0.15) is 0 Å². The van der Waals surface area contributed by atoms with Crippen LogP contribution in [0.5, 0.6) is 0 Å². The molecule has 1 spiro atoms. The second-order valence-electron chi connectivity index (χ2n) is 6.25. The summed E-state index contributed by atoms with van der Waals surface area (Å²) in [5, 5.41) is 0. The maximum absolute atomic E-state index is 12.0. The quantitative estimate of drug-likeness (QED) is 0.664. The number of hydrogen-bond donors (Lipinski definition) is 0. The Morgan fingerprint density at radius 3 is 2.50 bits per heavy atom. The van der Waals surface area contributed by atoms with E-state index in [1.807, 2.05) is 0 Å². The maximum Gasteiger partial charge on any atom is 0.417 e. The molecule has 2 aliphatic rings. The Bertz CT molecular complexity index is 352. The molecule has 0 aromatic rings. The summed E-state index contributed by atoms with van der Waals surface area (Å²) in [6.45, 7) is 7.23. The number of carbonyl (C=O) groups excluding carboxylic acids is 2. The molecule has 2 aliphatic heterocycles. The highest BCUT2D eigenvalue weighted by molar-refractivity contribution is 5.94. The van der Waals surface area contributed by atoms with Crippen LogP contribution < -0.4 is 0 Å². The Labute approximate surface area is 107 Å². The third kappa shape index (κ3) is 2.83. The molecule has 2 heterocycles. The number of nitrogens with zero attached hydrogens (tertiary/aromatic N) is 1. The molecule has 0 unspecified atom stereocenters. The summed E-state index contributed by atoms with van der Waals surface area (Å²) in [6.07, 6.45) is 1.61. The van der Waals surface area contributed by atoms with Gasteiger partial charge >= 0.3 is 6.09 Å². The van der Waals surface area contributed by atoms with Crippen LogP contribution in [0.15, 0.2) is 0 Å². The van der Waals surface area contributed by atoms with Crippen LogP contribution in [0.25, 0.3) is 0 Å². The number of ether oxygens (including phenoxy) is 2. The minimum absolute atomic E-state index is 0.0771. The summed E-state index contributed by atoms with van der Waals surface area (Å²) in [5.41, 5.74) is -0.644. The third-order valence-corrected chi connectivity index (χ3v) is 3.49. The van der Waals surface area contributed by atoms with Gasteiger partial charge in [0.25, 0.3) is 0 Å². The molecule has 2 saturated heterocycles. The summed E-state index contributed by atoms with van der Waals surface area (Å²) in [4.78, 5) is 25.2. The second-order valence-corrected chi connectivity index (χ2v) is 6.25. The van der Waals surface area contributed by atoms with Crippen LogP contribution in [0, 0.1) is 5.41 Å². The monoisotopic (exact) mass is 255 g/mol. The first-order valence-corrected chi connectivity index (χ1v) is 6.43. The zero-order valence-corrected chi connectivity index (χ0v) is 11.3. The average molecular weight is 255 g/mol. The van der Waals surface area contributed by atoms with E-state index in [1.165, 1.54) is 4.90 Å². The van der Waals surface area contributed by atoms with Crippen LogP contribution in [0.4, 0.5) is 4.79 Å². The summed E-state index contributed by atoms with van der Waals surface area (Å²) < 4.78 is 10.6. The summed E-state index contributed by atoms with van der Waals surface area (Å²) in [7, 11) is 0. The molecule has 0 aliphatic carbocycles. The molecule has 18 heavy (non-hydrogen) atoms. The lowest BCUT2D eigenvalue weighted by Gasteiger charge is -2.32. The molecule has 0 saturated carbocycles. The van der Waals surface area contributed by atoms with Gasteiger partial charge in [0, 0.05) is 31.6 Å². The number of hydrogen-bond acceptors (Lipinski definition) is 4. The molecule has 0 atom stereocenters. The molecular weight excluding hydrogens is 234 g/mol. The lowest BCUT2D eigenvalue weighted by atomic mass is 9.79. The Morgan fingerprint density at radius 1 is 1.33 bits per heavy atom. The van der Waals surface area contributed by atoms with Gasteiger partial charge in [-0.05, 0) is 33.6 Å². The number of likely N-dealkylation sites (tertiary alicyclic amines) is 1. The predicted octanol–water partition coefficient (Wildman–Crippen LogP) is 1.95. The topological polar surface area (TPSA) is 55.8 Å². The maximum atomic E-state index is 12.0. The minimum atomic E-state index is -0.567. The van der Waals surface area contributed by atoms with E-state index >= 15 is 0 Å². The molecular formula is C13H21NO4. The van der Waals surface area contributed by atoms with E-state index in [1.54, 1.807) is 20.8 Å². The molecule has 0 radical (unpaired) electrons. The molecule has 102 valence electrons. The Kier molecular flexibility index (Phi) is 3.36. The van der Waals surface area contributed by atoms with Crippen molar-refractivity contribution in [2.24, 2.45) is 5.41 Å². The number of rotatable bonds is 0. The standard InChI is InChI=1S/C13H21NO4/c1-12(2,3)18-11(16)14-9-13(8-10(14)15)4-6-17-7-5-13/h4-9H2,1-3H3. The molecule has 0 bridgehead atoms. The highest BCUT2D eigenvalue weighted by Crippen LogP contribution is 2.40. The van der Waals surface area contributed by atoms with Crippen molar-refractivity contribution in [2.75, 3.05) is 19.8 Å². The van der Waals surface area contributed by atoms with Gasteiger partial charge in [0.15, 0.2) is 0 Å². The van der Waals surface area contributed by atoms with Crippen molar-refractivity contribution in [3.05, 3.63) is 0 Å². The highest BCUT2D eigenvalue weighted by atomic mass is 16.6. The zero-order chi connectivity index (χ0) is 13.4. The molecule has 2 rings (SSSR count). The van der Waals surface area contributed by atoms with Gasteiger partial charge in [0.2, 0.25) is 5.91 Å². The lowest BCUT2D eigenvalue weighted by molar-refractivity contribution is -0.127. The fraction of sp³-hybridized carbons (Fsp3) is 0.846. The van der Waals surface area contributed by atoms with Crippen LogP contribution in [0.1, 0.15) is 40.0 Å². The van der Waals surface area contributed by atoms with E-state index in [4.69, 9.17) is 9.47 Å². The lowest BCUT2D eigenvalue weighted by Crippen LogP contribution is -2.39. The van der Waals surface area contributed by atoms with Crippen molar-refractivity contribution >= 4 is 12.0 Å². The fourth-order valence-electron chi connectivity index (χ4n) is 2.52. The van der Waals surface area contributed by atoms with E-state index < -0.39 is 11.7 Å². The molecule has 0 aromatic carbocycles. The van der Waals surface area contributed by atoms with Gasteiger partial charge < -0.3 is 9.47 Å². The fourth-order valence-corrected chi connectivity index (χ4v) is 2.52. The van der Waals surface area contributed by atoms with E-state index in [0.29, 0.717) is 26.2 Å². The van der Waals surface area contributed by atoms with Gasteiger partial charge in [0.05, 0.1) is 0 Å². The SMILES string of the molecule is CC(C)(C)OC(=O)N1CC2(CCOCC2)CC1=O. The van der Waals surface area contributed by atoms with Gasteiger partial charge in [-0.15, -0.1) is 0 Å². The first-order chi connectivity index (χ1) is 8.31. The van der Waals surface area contributed by atoms with Gasteiger partial charge in [-0.25, -0.2) is 9.69 Å². The van der Waals surface area contributed by atoms with Crippen molar-refractivity contribution in [3.63, 3.8) is 0 Å². The van der Waals surface area contributed by atoms with Gasteiger partial charge in [-0.3, -0.25) is 4.79 Å². The first kappa shape index (κ1) is 13.3. The average Bonchev–Trinajstić information content (AvgIpc) is 2.54. The van der Waals surface area contributed by atoms with Crippen LogP contribution in [0.3, 0.4) is 0 Å². The minimum Gasteiger partial charge on any atom is -0.443 e. The zero-order valence-electron chi connectivity index (χ0n) is 11.3. The van der Waals surface area contributed by atoms with Crippen LogP contribution in [-0.4, -0.2) is 42.3 Å². The molecule has 0 N–H and O–H groups in total. The van der Waals surface area contributed by atoms with Crippen LogP contribution in [0.2, 0.25) is 0 Å². The van der Waals surface area contributed by atoms with E-state index in [-0.39, 0.29) is 11.3 Å².